The Morgan fingerprint density at radius 1 is 1.15 bits per heavy atom. The number of amides is 1. The van der Waals surface area contributed by atoms with Gasteiger partial charge in [-0.15, -0.1) is 0 Å². The van der Waals surface area contributed by atoms with Crippen molar-refractivity contribution < 1.29 is 30.9 Å². The Morgan fingerprint density at radius 2 is 1.90 bits per heavy atom. The number of carbonyl (C=O) groups is 1. The molecule has 1 unspecified atom stereocenters. The molecule has 0 aliphatic rings. The first-order valence-corrected chi connectivity index (χ1v) is 14.6. The molecule has 1 heterocycles. The number of hydrogen-bond acceptors (Lipinski definition) is 6. The molecule has 0 fully saturated rings. The van der Waals surface area contributed by atoms with Gasteiger partial charge in [-0.25, -0.2) is 8.42 Å². The third-order valence-corrected chi connectivity index (χ3v) is 8.62. The fraction of sp³-hybridized carbons (Fsp3) is 0.333. The molecule has 2 aromatic carbocycles. The monoisotopic (exact) mass is 581 g/mol. The van der Waals surface area contributed by atoms with Crippen molar-refractivity contribution in [2.24, 2.45) is 0 Å². The van der Waals surface area contributed by atoms with Crippen LogP contribution in [0.15, 0.2) is 71.9 Å². The smallest absolute Gasteiger partial charge is 0.355 e. The predicted octanol–water partition coefficient (Wildman–Crippen LogP) is 5.93. The molecule has 0 aliphatic heterocycles. The Labute approximate surface area is 230 Å². The Morgan fingerprint density at radius 3 is 2.59 bits per heavy atom. The van der Waals surface area contributed by atoms with Crippen LogP contribution >= 0.6 is 12.0 Å². The van der Waals surface area contributed by atoms with Gasteiger partial charge in [-0.3, -0.25) is 9.78 Å². The van der Waals surface area contributed by atoms with Crippen LogP contribution in [-0.4, -0.2) is 47.0 Å². The predicted molar refractivity (Wildman–Crippen MR) is 145 cm³/mol. The van der Waals surface area contributed by atoms with Gasteiger partial charge < -0.3 is 9.87 Å². The highest BCUT2D eigenvalue weighted by molar-refractivity contribution is 7.93. The molecule has 7 nitrogen and oxygen atoms in total. The Balaban J connectivity index is 1.98. The van der Waals surface area contributed by atoms with E-state index < -0.39 is 32.7 Å². The zero-order valence-corrected chi connectivity index (χ0v) is 23.1. The molecule has 0 spiro atoms. The van der Waals surface area contributed by atoms with E-state index in [1.165, 1.54) is 6.07 Å². The molecule has 3 aromatic rings. The summed E-state index contributed by atoms with van der Waals surface area (Å²) in [5.74, 6) is -0.0509. The number of sulfonamides is 1. The molecule has 1 amide bonds. The molecule has 1 aromatic heterocycles. The molecule has 0 radical (unpaired) electrons. The van der Waals surface area contributed by atoms with Gasteiger partial charge in [-0.2, -0.15) is 17.5 Å². The molecule has 0 saturated carbocycles. The quantitative estimate of drug-likeness (QED) is 0.203. The van der Waals surface area contributed by atoms with E-state index in [2.05, 4.69) is 10.3 Å². The number of aryl methyl sites for hydroxylation is 1. The first-order chi connectivity index (χ1) is 18.5. The molecular formula is C27H30F3N3O4S2. The van der Waals surface area contributed by atoms with Crippen LogP contribution in [0.3, 0.4) is 0 Å². The van der Waals surface area contributed by atoms with Crippen LogP contribution in [-0.2, 0) is 21.0 Å². The summed E-state index contributed by atoms with van der Waals surface area (Å²) < 4.78 is 78.8. The standard InChI is InChI=1S/C27H30F3N3O4S2/c1-19-18-31-13-12-23(19)22-8-5-7-21(17-22)20(2)33(15-6-11-26(34)32-14-16-38-35)39(36,37)25-10-4-3-9-24(25)27(28,29)30/h3-5,7-10,12-13,17-18,20,35H,6,11,14-16H2,1-2H3,(H,32,34). The fourth-order valence-corrected chi connectivity index (χ4v) is 6.29. The number of nitrogens with one attached hydrogen (secondary N) is 1. The van der Waals surface area contributed by atoms with E-state index in [-0.39, 0.29) is 31.8 Å². The van der Waals surface area contributed by atoms with Gasteiger partial charge in [0.25, 0.3) is 0 Å². The number of aromatic nitrogens is 1. The van der Waals surface area contributed by atoms with Crippen LogP contribution in [0.5, 0.6) is 0 Å². The first-order valence-electron chi connectivity index (χ1n) is 12.2. The summed E-state index contributed by atoms with van der Waals surface area (Å²) in [6.07, 6.45) is -1.47. The molecule has 2 N–H and O–H groups in total. The summed E-state index contributed by atoms with van der Waals surface area (Å²) in [5, 5.41) is 2.61. The number of carbonyl (C=O) groups excluding carboxylic acids is 1. The van der Waals surface area contributed by atoms with Gasteiger partial charge in [0.2, 0.25) is 15.9 Å². The fourth-order valence-electron chi connectivity index (χ4n) is 4.22. The van der Waals surface area contributed by atoms with Crippen LogP contribution in [0, 0.1) is 6.92 Å². The Hall–Kier alpha value is -2.93. The zero-order valence-electron chi connectivity index (χ0n) is 21.5. The Kier molecular flexibility index (Phi) is 10.5. The SMILES string of the molecule is Cc1cnccc1-c1cccc(C(C)N(CCCC(=O)NCCSO)S(=O)(=O)c2ccccc2C(F)(F)F)c1. The van der Waals surface area contributed by atoms with Gasteiger partial charge in [0, 0.05) is 43.7 Å². The molecule has 39 heavy (non-hydrogen) atoms. The summed E-state index contributed by atoms with van der Waals surface area (Å²) in [4.78, 5) is 15.4. The van der Waals surface area contributed by atoms with Crippen molar-refractivity contribution in [1.82, 2.24) is 14.6 Å². The van der Waals surface area contributed by atoms with Crippen LogP contribution in [0.1, 0.15) is 42.5 Å². The van der Waals surface area contributed by atoms with E-state index >= 15 is 0 Å². The van der Waals surface area contributed by atoms with Crippen molar-refractivity contribution in [2.45, 2.75) is 43.8 Å². The van der Waals surface area contributed by atoms with Gasteiger partial charge in [-0.05, 0) is 78.8 Å². The van der Waals surface area contributed by atoms with Crippen LogP contribution in [0.2, 0.25) is 0 Å². The lowest BCUT2D eigenvalue weighted by Crippen LogP contribution is -2.36. The van der Waals surface area contributed by atoms with Gasteiger partial charge in [0.05, 0.1) is 10.5 Å². The lowest BCUT2D eigenvalue weighted by molar-refractivity contribution is -0.140. The maximum atomic E-state index is 13.8. The highest BCUT2D eigenvalue weighted by Crippen LogP contribution is 2.38. The lowest BCUT2D eigenvalue weighted by Gasteiger charge is -2.30. The van der Waals surface area contributed by atoms with Crippen molar-refractivity contribution >= 4 is 28.0 Å². The van der Waals surface area contributed by atoms with Crippen LogP contribution < -0.4 is 5.32 Å². The van der Waals surface area contributed by atoms with E-state index in [0.717, 1.165) is 39.2 Å². The van der Waals surface area contributed by atoms with Crippen molar-refractivity contribution in [3.8, 4) is 11.1 Å². The second-order valence-corrected chi connectivity index (χ2v) is 11.4. The average molecular weight is 582 g/mol. The van der Waals surface area contributed by atoms with E-state index in [0.29, 0.717) is 23.4 Å². The molecule has 0 saturated heterocycles. The van der Waals surface area contributed by atoms with E-state index in [1.54, 1.807) is 31.5 Å². The second-order valence-electron chi connectivity index (χ2n) is 8.89. The summed E-state index contributed by atoms with van der Waals surface area (Å²) in [6.45, 7) is 3.56. The van der Waals surface area contributed by atoms with E-state index in [4.69, 9.17) is 4.55 Å². The zero-order chi connectivity index (χ0) is 28.6. The summed E-state index contributed by atoms with van der Waals surface area (Å²) >= 11 is 0.581. The van der Waals surface area contributed by atoms with Gasteiger partial charge in [0.15, 0.2) is 0 Å². The van der Waals surface area contributed by atoms with Crippen molar-refractivity contribution in [3.05, 3.63) is 83.7 Å². The van der Waals surface area contributed by atoms with Crippen molar-refractivity contribution in [3.63, 3.8) is 0 Å². The number of nitrogens with zero attached hydrogens (tertiary/aromatic N) is 2. The number of hydrogen-bond donors (Lipinski definition) is 2. The highest BCUT2D eigenvalue weighted by Gasteiger charge is 2.40. The first kappa shape index (κ1) is 30.6. The average Bonchev–Trinajstić information content (AvgIpc) is 2.90. The number of benzene rings is 2. The second kappa shape index (κ2) is 13.4. The normalized spacial score (nSPS) is 12.9. The van der Waals surface area contributed by atoms with Crippen molar-refractivity contribution in [2.75, 3.05) is 18.8 Å². The molecule has 0 aliphatic carbocycles. The number of rotatable bonds is 12. The van der Waals surface area contributed by atoms with Crippen LogP contribution in [0.4, 0.5) is 13.2 Å². The van der Waals surface area contributed by atoms with E-state index in [9.17, 15) is 26.4 Å². The van der Waals surface area contributed by atoms with Gasteiger partial charge in [0.1, 0.15) is 0 Å². The van der Waals surface area contributed by atoms with Crippen LogP contribution in [0.25, 0.3) is 11.1 Å². The highest BCUT2D eigenvalue weighted by atomic mass is 32.2. The molecule has 12 heteroatoms. The maximum Gasteiger partial charge on any atom is 0.417 e. The molecule has 1 atom stereocenters. The lowest BCUT2D eigenvalue weighted by atomic mass is 9.98. The van der Waals surface area contributed by atoms with Gasteiger partial charge >= 0.3 is 6.18 Å². The third-order valence-electron chi connectivity index (χ3n) is 6.21. The third kappa shape index (κ3) is 7.81. The number of pyridine rings is 1. The summed E-state index contributed by atoms with van der Waals surface area (Å²) in [7, 11) is -4.63. The molecule has 210 valence electrons. The van der Waals surface area contributed by atoms with E-state index in [1.807, 2.05) is 25.1 Å². The minimum Gasteiger partial charge on any atom is -0.355 e. The molecule has 3 rings (SSSR count). The number of alkyl halides is 3. The topological polar surface area (TPSA) is 99.6 Å². The minimum atomic E-state index is -4.87. The molecule has 0 bridgehead atoms. The largest absolute Gasteiger partial charge is 0.417 e. The molecular weight excluding hydrogens is 551 g/mol. The summed E-state index contributed by atoms with van der Waals surface area (Å²) in [5.41, 5.74) is 1.96. The van der Waals surface area contributed by atoms with Crippen molar-refractivity contribution in [1.29, 1.82) is 0 Å². The maximum absolute atomic E-state index is 13.8. The summed E-state index contributed by atoms with van der Waals surface area (Å²) in [6, 6.07) is 12.3. The number of halogens is 3. The minimum absolute atomic E-state index is 0.0357. The van der Waals surface area contributed by atoms with Gasteiger partial charge in [-0.1, -0.05) is 30.3 Å². The Bertz CT molecular complexity index is 1380.